The minimum atomic E-state index is -4.90. The summed E-state index contributed by atoms with van der Waals surface area (Å²) in [6.07, 6.45) is -0.634. The van der Waals surface area contributed by atoms with E-state index in [0.717, 1.165) is 32.1 Å². The molecular weight excluding hydrogens is 293 g/mol. The molecule has 0 amide bonds. The first-order valence-electron chi connectivity index (χ1n) is 8.15. The van der Waals surface area contributed by atoms with Crippen molar-refractivity contribution < 1.29 is 22.7 Å². The highest BCUT2D eigenvalue weighted by atomic mass is 19.4. The second kappa shape index (κ2) is 4.41. The van der Waals surface area contributed by atoms with Gasteiger partial charge < -0.3 is 4.74 Å². The molecule has 3 aliphatic rings. The number of alkyl halides is 3. The Labute approximate surface area is 129 Å². The van der Waals surface area contributed by atoms with Crippen molar-refractivity contribution in [2.75, 3.05) is 0 Å². The summed E-state index contributed by atoms with van der Waals surface area (Å²) in [5.41, 5.74) is -0.237. The summed E-state index contributed by atoms with van der Waals surface area (Å²) < 4.78 is 42.8. The van der Waals surface area contributed by atoms with Crippen LogP contribution in [0.3, 0.4) is 0 Å². The maximum Gasteiger partial charge on any atom is 0.490 e. The zero-order valence-corrected chi connectivity index (χ0v) is 13.7. The quantitative estimate of drug-likeness (QED) is 0.688. The van der Waals surface area contributed by atoms with E-state index in [1.165, 1.54) is 0 Å². The number of halogens is 3. The van der Waals surface area contributed by atoms with Crippen LogP contribution in [-0.2, 0) is 9.53 Å². The van der Waals surface area contributed by atoms with Gasteiger partial charge in [0.05, 0.1) is 0 Å². The molecule has 0 unspecified atom stereocenters. The number of hydrogen-bond acceptors (Lipinski definition) is 2. The highest BCUT2D eigenvalue weighted by molar-refractivity contribution is 5.76. The first kappa shape index (κ1) is 16.1. The predicted molar refractivity (Wildman–Crippen MR) is 76.0 cm³/mol. The Morgan fingerprint density at radius 3 is 2.14 bits per heavy atom. The van der Waals surface area contributed by atoms with Gasteiger partial charge in [-0.15, -0.1) is 0 Å². The standard InChI is InChI=1S/C17H25F3O2/c1-14(2)7-10(8-14)11-9-15(3)5-6-16(11,4)12(15)22-13(21)17(18,19)20/h10-12H,5-9H2,1-4H3/t11-,12+,15-,16+/m0/s1. The Bertz CT molecular complexity index is 491. The first-order valence-corrected chi connectivity index (χ1v) is 8.15. The summed E-state index contributed by atoms with van der Waals surface area (Å²) in [7, 11) is 0. The summed E-state index contributed by atoms with van der Waals surface area (Å²) in [6.45, 7) is 8.51. The van der Waals surface area contributed by atoms with E-state index >= 15 is 0 Å². The molecule has 0 radical (unpaired) electrons. The molecule has 0 heterocycles. The van der Waals surface area contributed by atoms with E-state index < -0.39 is 18.2 Å². The Kier molecular flexibility index (Phi) is 3.24. The van der Waals surface area contributed by atoms with Gasteiger partial charge in [0.1, 0.15) is 6.10 Å². The summed E-state index contributed by atoms with van der Waals surface area (Å²) in [4.78, 5) is 11.3. The van der Waals surface area contributed by atoms with Crippen LogP contribution in [0.15, 0.2) is 0 Å². The van der Waals surface area contributed by atoms with E-state index in [4.69, 9.17) is 4.74 Å². The van der Waals surface area contributed by atoms with Crippen LogP contribution in [-0.4, -0.2) is 18.2 Å². The first-order chi connectivity index (χ1) is 9.87. The average molecular weight is 318 g/mol. The van der Waals surface area contributed by atoms with E-state index in [9.17, 15) is 18.0 Å². The Hall–Kier alpha value is -0.740. The van der Waals surface area contributed by atoms with Crippen LogP contribution in [0.1, 0.15) is 59.8 Å². The van der Waals surface area contributed by atoms with Crippen LogP contribution < -0.4 is 0 Å². The largest absolute Gasteiger partial charge is 0.490 e. The fraction of sp³-hybridized carbons (Fsp3) is 0.941. The smallest absolute Gasteiger partial charge is 0.455 e. The number of carbonyl (C=O) groups is 1. The molecule has 3 aliphatic carbocycles. The van der Waals surface area contributed by atoms with Crippen molar-refractivity contribution in [2.24, 2.45) is 28.1 Å². The molecule has 4 atom stereocenters. The van der Waals surface area contributed by atoms with Crippen LogP contribution in [0.4, 0.5) is 13.2 Å². The lowest BCUT2D eigenvalue weighted by Crippen LogP contribution is -2.44. The predicted octanol–water partition coefficient (Wildman–Crippen LogP) is 4.72. The second-order valence-electron chi connectivity index (χ2n) is 9.09. The molecule has 0 aromatic rings. The molecule has 0 spiro atoms. The Morgan fingerprint density at radius 1 is 1.05 bits per heavy atom. The van der Waals surface area contributed by atoms with E-state index in [0.29, 0.717) is 17.3 Å². The highest BCUT2D eigenvalue weighted by Gasteiger charge is 2.67. The number of fused-ring (bicyclic) bond motifs is 2. The minimum absolute atomic E-state index is 0.292. The van der Waals surface area contributed by atoms with Gasteiger partial charge >= 0.3 is 12.1 Å². The van der Waals surface area contributed by atoms with E-state index in [2.05, 4.69) is 13.8 Å². The molecule has 126 valence electrons. The molecule has 3 saturated carbocycles. The monoisotopic (exact) mass is 318 g/mol. The SMILES string of the molecule is CC1(C)CC([C@@H]2C[C@]3(C)CC[C@@]2(C)[C@@H]3OC(=O)C(F)(F)F)C1. The van der Waals surface area contributed by atoms with Crippen LogP contribution in [0.5, 0.6) is 0 Å². The normalized spacial score (nSPS) is 44.0. The van der Waals surface area contributed by atoms with Gasteiger partial charge in [-0.25, -0.2) is 4.79 Å². The lowest BCUT2D eigenvalue weighted by atomic mass is 9.54. The number of ether oxygens (including phenoxy) is 1. The van der Waals surface area contributed by atoms with Gasteiger partial charge in [-0.05, 0) is 49.4 Å². The Balaban J connectivity index is 1.79. The van der Waals surface area contributed by atoms with Crippen molar-refractivity contribution in [3.63, 3.8) is 0 Å². The molecule has 2 bridgehead atoms. The molecule has 2 nitrogen and oxygen atoms in total. The third-order valence-electron chi connectivity index (χ3n) is 6.65. The van der Waals surface area contributed by atoms with Crippen LogP contribution in [0.25, 0.3) is 0 Å². The van der Waals surface area contributed by atoms with Crippen molar-refractivity contribution in [2.45, 2.75) is 72.1 Å². The van der Waals surface area contributed by atoms with Crippen molar-refractivity contribution >= 4 is 5.97 Å². The maximum absolute atomic E-state index is 12.6. The molecular formula is C17H25F3O2. The zero-order valence-electron chi connectivity index (χ0n) is 13.7. The van der Waals surface area contributed by atoms with Crippen LogP contribution in [0, 0.1) is 28.1 Å². The Morgan fingerprint density at radius 2 is 1.64 bits per heavy atom. The molecule has 0 aromatic carbocycles. The van der Waals surface area contributed by atoms with Crippen molar-refractivity contribution in [1.82, 2.24) is 0 Å². The zero-order chi connectivity index (χ0) is 16.6. The van der Waals surface area contributed by atoms with Gasteiger partial charge in [-0.1, -0.05) is 27.7 Å². The summed E-state index contributed by atoms with van der Waals surface area (Å²) in [5, 5.41) is 0. The van der Waals surface area contributed by atoms with Gasteiger partial charge in [-0.2, -0.15) is 13.2 Å². The molecule has 0 aromatic heterocycles. The number of carbonyl (C=O) groups excluding carboxylic acids is 1. The van der Waals surface area contributed by atoms with Gasteiger partial charge in [0.2, 0.25) is 0 Å². The van der Waals surface area contributed by atoms with Gasteiger partial charge in [0.25, 0.3) is 0 Å². The molecule has 22 heavy (non-hydrogen) atoms. The lowest BCUT2D eigenvalue weighted by Gasteiger charge is -2.50. The molecule has 0 N–H and O–H groups in total. The number of esters is 1. The van der Waals surface area contributed by atoms with E-state index in [-0.39, 0.29) is 10.8 Å². The third kappa shape index (κ3) is 2.26. The summed E-state index contributed by atoms with van der Waals surface area (Å²) in [6, 6.07) is 0. The maximum atomic E-state index is 12.6. The van der Waals surface area contributed by atoms with Crippen molar-refractivity contribution in [1.29, 1.82) is 0 Å². The molecule has 0 saturated heterocycles. The molecule has 3 fully saturated rings. The summed E-state index contributed by atoms with van der Waals surface area (Å²) in [5.74, 6) is -1.08. The fourth-order valence-corrected chi connectivity index (χ4v) is 5.74. The lowest BCUT2D eigenvalue weighted by molar-refractivity contribution is -0.212. The molecule has 5 heteroatoms. The topological polar surface area (TPSA) is 26.3 Å². The average Bonchev–Trinajstić information content (AvgIpc) is 2.69. The van der Waals surface area contributed by atoms with Gasteiger partial charge in [-0.3, -0.25) is 0 Å². The van der Waals surface area contributed by atoms with Crippen molar-refractivity contribution in [3.8, 4) is 0 Å². The molecule has 3 rings (SSSR count). The van der Waals surface area contributed by atoms with Crippen molar-refractivity contribution in [3.05, 3.63) is 0 Å². The number of rotatable bonds is 2. The van der Waals surface area contributed by atoms with E-state index in [1.54, 1.807) is 0 Å². The third-order valence-corrected chi connectivity index (χ3v) is 6.65. The minimum Gasteiger partial charge on any atom is -0.455 e. The summed E-state index contributed by atoms with van der Waals surface area (Å²) >= 11 is 0. The number of hydrogen-bond donors (Lipinski definition) is 0. The highest BCUT2D eigenvalue weighted by Crippen LogP contribution is 2.70. The fourth-order valence-electron chi connectivity index (χ4n) is 5.74. The van der Waals surface area contributed by atoms with Gasteiger partial charge in [0.15, 0.2) is 0 Å². The molecule has 0 aliphatic heterocycles. The van der Waals surface area contributed by atoms with E-state index in [1.807, 2.05) is 13.8 Å². The van der Waals surface area contributed by atoms with Crippen LogP contribution in [0.2, 0.25) is 0 Å². The van der Waals surface area contributed by atoms with Gasteiger partial charge in [0, 0.05) is 10.8 Å². The second-order valence-corrected chi connectivity index (χ2v) is 9.09. The van der Waals surface area contributed by atoms with Crippen LogP contribution >= 0.6 is 0 Å².